The van der Waals surface area contributed by atoms with Gasteiger partial charge in [0.25, 0.3) is 0 Å². The summed E-state index contributed by atoms with van der Waals surface area (Å²) < 4.78 is 12.2. The summed E-state index contributed by atoms with van der Waals surface area (Å²) in [4.78, 5) is 0. The largest absolute Gasteiger partial charge is 0.484 e. The standard InChI is InChI=1S/C18H24O2/c1-17(2,3)19-15-13-11-9-7-8-10-12-14(13)16(15)20-18(4,5)6/h7-12H,1-6H3. The predicted molar refractivity (Wildman–Crippen MR) is 82.5 cm³/mol. The van der Waals surface area contributed by atoms with Crippen molar-refractivity contribution < 1.29 is 9.47 Å². The molecule has 2 nitrogen and oxygen atoms in total. The van der Waals surface area contributed by atoms with Gasteiger partial charge in [-0.25, -0.2) is 0 Å². The van der Waals surface area contributed by atoms with Crippen molar-refractivity contribution in [2.75, 3.05) is 0 Å². The fraction of sp³-hybridized carbons (Fsp3) is 0.444. The molecule has 0 spiro atoms. The van der Waals surface area contributed by atoms with Gasteiger partial charge in [-0.05, 0) is 41.5 Å². The van der Waals surface area contributed by atoms with Crippen LogP contribution < -0.4 is 9.47 Å². The Morgan fingerprint density at radius 1 is 0.600 bits per heavy atom. The van der Waals surface area contributed by atoms with Gasteiger partial charge in [0.15, 0.2) is 11.5 Å². The molecule has 20 heavy (non-hydrogen) atoms. The fourth-order valence-corrected chi connectivity index (χ4v) is 2.00. The topological polar surface area (TPSA) is 18.5 Å². The molecule has 0 aromatic rings. The Morgan fingerprint density at radius 2 is 0.950 bits per heavy atom. The summed E-state index contributed by atoms with van der Waals surface area (Å²) in [5, 5.41) is 2.22. The Hall–Kier alpha value is -1.70. The second-order valence-corrected chi connectivity index (χ2v) is 7.02. The van der Waals surface area contributed by atoms with Gasteiger partial charge < -0.3 is 9.47 Å². The highest BCUT2D eigenvalue weighted by molar-refractivity contribution is 5.51. The molecular weight excluding hydrogens is 248 g/mol. The zero-order valence-electron chi connectivity index (χ0n) is 13.3. The summed E-state index contributed by atoms with van der Waals surface area (Å²) in [6, 6.07) is 12.2. The van der Waals surface area contributed by atoms with Crippen molar-refractivity contribution in [2.45, 2.75) is 52.7 Å². The highest BCUT2D eigenvalue weighted by atomic mass is 16.5. The third-order valence-electron chi connectivity index (χ3n) is 2.66. The van der Waals surface area contributed by atoms with Crippen LogP contribution in [0.5, 0.6) is 11.5 Å². The van der Waals surface area contributed by atoms with Crippen LogP contribution in [-0.4, -0.2) is 11.2 Å². The van der Waals surface area contributed by atoms with Crippen LogP contribution in [0.1, 0.15) is 41.5 Å². The normalized spacial score (nSPS) is 12.5. The first kappa shape index (κ1) is 14.7. The quantitative estimate of drug-likeness (QED) is 0.784. The number of hydrogen-bond donors (Lipinski definition) is 0. The van der Waals surface area contributed by atoms with E-state index in [1.54, 1.807) is 0 Å². The zero-order chi connectivity index (χ0) is 15.0. The fourth-order valence-electron chi connectivity index (χ4n) is 2.00. The molecule has 0 saturated carbocycles. The van der Waals surface area contributed by atoms with Crippen molar-refractivity contribution in [3.63, 3.8) is 0 Å². The van der Waals surface area contributed by atoms with Gasteiger partial charge in [0.05, 0.1) is 0 Å². The lowest BCUT2D eigenvalue weighted by atomic mass is 10.1. The van der Waals surface area contributed by atoms with Gasteiger partial charge in [-0.2, -0.15) is 0 Å². The molecule has 2 aliphatic carbocycles. The monoisotopic (exact) mass is 272 g/mol. The molecule has 0 atom stereocenters. The first-order chi connectivity index (χ1) is 9.17. The third-order valence-corrected chi connectivity index (χ3v) is 2.66. The van der Waals surface area contributed by atoms with Gasteiger partial charge >= 0.3 is 0 Å². The van der Waals surface area contributed by atoms with E-state index in [1.165, 1.54) is 0 Å². The first-order valence-electron chi connectivity index (χ1n) is 7.06. The van der Waals surface area contributed by atoms with E-state index in [-0.39, 0.29) is 11.2 Å². The van der Waals surface area contributed by atoms with Gasteiger partial charge in [-0.1, -0.05) is 36.4 Å². The van der Waals surface area contributed by atoms with E-state index in [0.717, 1.165) is 21.9 Å². The van der Waals surface area contributed by atoms with Crippen LogP contribution >= 0.6 is 0 Å². The molecule has 0 N–H and O–H groups in total. The molecule has 108 valence electrons. The molecule has 0 fully saturated rings. The van der Waals surface area contributed by atoms with Crippen molar-refractivity contribution in [3.05, 3.63) is 46.8 Å². The SMILES string of the molecule is CC(C)(C)Oc1c(OC(C)(C)C)c2ccccccc1=2. The maximum absolute atomic E-state index is 6.09. The Balaban J connectivity index is 2.58. The van der Waals surface area contributed by atoms with Crippen LogP contribution in [0, 0.1) is 10.4 Å². The Morgan fingerprint density at radius 3 is 1.25 bits per heavy atom. The molecule has 0 amide bonds. The summed E-state index contributed by atoms with van der Waals surface area (Å²) in [7, 11) is 0. The van der Waals surface area contributed by atoms with Gasteiger partial charge in [0.1, 0.15) is 11.2 Å². The minimum Gasteiger partial charge on any atom is -0.484 e. The maximum Gasteiger partial charge on any atom is 0.170 e. The predicted octanol–water partition coefficient (Wildman–Crippen LogP) is 4.77. The summed E-state index contributed by atoms with van der Waals surface area (Å²) >= 11 is 0. The number of hydrogen-bond acceptors (Lipinski definition) is 2. The molecule has 0 bridgehead atoms. The van der Waals surface area contributed by atoms with E-state index in [1.807, 2.05) is 24.3 Å². The lowest BCUT2D eigenvalue weighted by Crippen LogP contribution is -2.28. The molecule has 0 saturated heterocycles. The zero-order valence-corrected chi connectivity index (χ0v) is 13.3. The summed E-state index contributed by atoms with van der Waals surface area (Å²) in [5.74, 6) is 1.72. The summed E-state index contributed by atoms with van der Waals surface area (Å²) in [6.45, 7) is 12.3. The average molecular weight is 272 g/mol. The van der Waals surface area contributed by atoms with Gasteiger partial charge in [0, 0.05) is 10.4 Å². The molecule has 2 rings (SSSR count). The highest BCUT2D eigenvalue weighted by Crippen LogP contribution is 2.40. The minimum atomic E-state index is -0.240. The Kier molecular flexibility index (Phi) is 3.68. The summed E-state index contributed by atoms with van der Waals surface area (Å²) in [6.07, 6.45) is 0. The van der Waals surface area contributed by atoms with Crippen molar-refractivity contribution in [1.29, 1.82) is 0 Å². The lowest BCUT2D eigenvalue weighted by Gasteiger charge is -2.30. The lowest BCUT2D eigenvalue weighted by molar-refractivity contribution is 0.0903. The molecule has 2 aliphatic rings. The Labute approximate surface area is 121 Å². The average Bonchev–Trinajstić information content (AvgIpc) is 2.22. The molecule has 0 aliphatic heterocycles. The van der Waals surface area contributed by atoms with E-state index >= 15 is 0 Å². The third kappa shape index (κ3) is 3.44. The van der Waals surface area contributed by atoms with Crippen LogP contribution in [0.25, 0.3) is 0 Å². The van der Waals surface area contributed by atoms with Crippen molar-refractivity contribution in [3.8, 4) is 11.5 Å². The van der Waals surface area contributed by atoms with Gasteiger partial charge in [-0.15, -0.1) is 0 Å². The van der Waals surface area contributed by atoms with Crippen LogP contribution in [0.2, 0.25) is 0 Å². The van der Waals surface area contributed by atoms with E-state index < -0.39 is 0 Å². The van der Waals surface area contributed by atoms with E-state index in [2.05, 4.69) is 53.7 Å². The smallest absolute Gasteiger partial charge is 0.170 e. The van der Waals surface area contributed by atoms with Crippen LogP contribution in [-0.2, 0) is 0 Å². The van der Waals surface area contributed by atoms with Crippen LogP contribution in [0.15, 0.2) is 36.4 Å². The van der Waals surface area contributed by atoms with Crippen LogP contribution in [0.4, 0.5) is 0 Å². The number of ether oxygens (including phenoxy) is 2. The second-order valence-electron chi connectivity index (χ2n) is 7.02. The summed E-state index contributed by atoms with van der Waals surface area (Å²) in [5.41, 5.74) is -0.480. The van der Waals surface area contributed by atoms with Crippen LogP contribution in [0.3, 0.4) is 0 Å². The molecule has 0 aromatic heterocycles. The molecule has 0 unspecified atom stereocenters. The highest BCUT2D eigenvalue weighted by Gasteiger charge is 2.25. The van der Waals surface area contributed by atoms with Gasteiger partial charge in [-0.3, -0.25) is 0 Å². The Bertz CT molecular complexity index is 587. The minimum absolute atomic E-state index is 0.240. The first-order valence-corrected chi connectivity index (χ1v) is 7.06. The second kappa shape index (κ2) is 5.01. The molecule has 0 aromatic carbocycles. The van der Waals surface area contributed by atoms with Crippen molar-refractivity contribution in [2.24, 2.45) is 0 Å². The van der Waals surface area contributed by atoms with E-state index in [4.69, 9.17) is 9.47 Å². The molecular formula is C18H24O2. The van der Waals surface area contributed by atoms with Crippen molar-refractivity contribution >= 4 is 0 Å². The molecule has 0 radical (unpaired) electrons. The number of rotatable bonds is 2. The van der Waals surface area contributed by atoms with E-state index in [9.17, 15) is 0 Å². The molecule has 0 heterocycles. The van der Waals surface area contributed by atoms with Crippen molar-refractivity contribution in [1.82, 2.24) is 0 Å². The molecule has 2 heteroatoms. The maximum atomic E-state index is 6.09. The van der Waals surface area contributed by atoms with Gasteiger partial charge in [0.2, 0.25) is 0 Å². The van der Waals surface area contributed by atoms with E-state index in [0.29, 0.717) is 0 Å².